The van der Waals surface area contributed by atoms with Crippen LogP contribution in [-0.4, -0.2) is 76.5 Å². The predicted octanol–water partition coefficient (Wildman–Crippen LogP) is 3.39. The van der Waals surface area contributed by atoms with Gasteiger partial charge in [-0.25, -0.2) is 4.79 Å². The third-order valence-corrected chi connectivity index (χ3v) is 8.38. The van der Waals surface area contributed by atoms with Crippen molar-refractivity contribution in [2.45, 2.75) is 63.6 Å². The third kappa shape index (κ3) is 5.97. The molecule has 3 amide bonds. The summed E-state index contributed by atoms with van der Waals surface area (Å²) in [6.07, 6.45) is 1.75. The number of alkyl carbamates (subject to hydrolysis) is 1. The van der Waals surface area contributed by atoms with E-state index in [1.807, 2.05) is 30.3 Å². The van der Waals surface area contributed by atoms with Crippen molar-refractivity contribution in [2.24, 2.45) is 11.8 Å². The molecule has 1 aromatic carbocycles. The van der Waals surface area contributed by atoms with Gasteiger partial charge in [-0.05, 0) is 51.3 Å². The Morgan fingerprint density at radius 1 is 1.17 bits per heavy atom. The standard InChI is InChI=1S/C27H36N4O4S/c1-27(2,3)35-26(34)29-14-20-17-36-12-11-21-9-10-23(31(21)24(20)32)25(33)30-15-19(13-28)22(16-30)18-7-5-4-6-8-18/h4-8,19-23H,9-12,14-17H2,1-3H3,(H,29,34)/t19-,20?,21+,22+,23-/m0/s1. The quantitative estimate of drug-likeness (QED) is 0.663. The number of ether oxygens (including phenoxy) is 1. The molecule has 36 heavy (non-hydrogen) atoms. The molecule has 4 rings (SSSR count). The van der Waals surface area contributed by atoms with E-state index in [9.17, 15) is 19.6 Å². The number of benzene rings is 1. The number of thioether (sulfide) groups is 1. The van der Waals surface area contributed by atoms with Crippen LogP contribution in [0.15, 0.2) is 30.3 Å². The maximum atomic E-state index is 13.7. The number of likely N-dealkylation sites (tertiary alicyclic amines) is 1. The van der Waals surface area contributed by atoms with Crippen molar-refractivity contribution in [1.29, 1.82) is 5.26 Å². The molecular weight excluding hydrogens is 476 g/mol. The fraction of sp³-hybridized carbons (Fsp3) is 0.630. The second-order valence-corrected chi connectivity index (χ2v) is 12.1. The van der Waals surface area contributed by atoms with E-state index >= 15 is 0 Å². The minimum atomic E-state index is -0.615. The average Bonchev–Trinajstić information content (AvgIpc) is 3.45. The van der Waals surface area contributed by atoms with Gasteiger partial charge in [0.1, 0.15) is 11.6 Å². The zero-order valence-corrected chi connectivity index (χ0v) is 22.1. The zero-order chi connectivity index (χ0) is 25.9. The number of nitrogens with zero attached hydrogens (tertiary/aromatic N) is 3. The number of amides is 3. The number of nitrogens with one attached hydrogen (secondary N) is 1. The number of rotatable bonds is 4. The first kappa shape index (κ1) is 26.3. The van der Waals surface area contributed by atoms with Crippen LogP contribution in [-0.2, 0) is 14.3 Å². The van der Waals surface area contributed by atoms with Gasteiger partial charge in [0.15, 0.2) is 0 Å². The maximum absolute atomic E-state index is 13.7. The summed E-state index contributed by atoms with van der Waals surface area (Å²) in [6.45, 7) is 6.45. The average molecular weight is 513 g/mol. The van der Waals surface area contributed by atoms with Gasteiger partial charge in [0.2, 0.25) is 11.8 Å². The van der Waals surface area contributed by atoms with Gasteiger partial charge < -0.3 is 19.9 Å². The smallest absolute Gasteiger partial charge is 0.407 e. The first-order valence-electron chi connectivity index (χ1n) is 12.8. The molecular formula is C27H36N4O4S. The van der Waals surface area contributed by atoms with Crippen LogP contribution in [0, 0.1) is 23.2 Å². The Hall–Kier alpha value is -2.73. The van der Waals surface area contributed by atoms with Crippen LogP contribution in [0.3, 0.4) is 0 Å². The Kier molecular flexibility index (Phi) is 8.13. The molecule has 0 spiro atoms. The van der Waals surface area contributed by atoms with Gasteiger partial charge in [-0.3, -0.25) is 9.59 Å². The predicted molar refractivity (Wildman–Crippen MR) is 138 cm³/mol. The van der Waals surface area contributed by atoms with E-state index in [2.05, 4.69) is 11.4 Å². The fourth-order valence-electron chi connectivity index (χ4n) is 5.50. The summed E-state index contributed by atoms with van der Waals surface area (Å²) >= 11 is 1.72. The lowest BCUT2D eigenvalue weighted by molar-refractivity contribution is -0.147. The van der Waals surface area contributed by atoms with Crippen molar-refractivity contribution in [3.8, 4) is 6.07 Å². The number of hydrogen-bond donors (Lipinski definition) is 1. The van der Waals surface area contributed by atoms with E-state index in [1.54, 1.807) is 42.3 Å². The number of hydrogen-bond acceptors (Lipinski definition) is 6. The van der Waals surface area contributed by atoms with Crippen LogP contribution in [0.4, 0.5) is 4.79 Å². The van der Waals surface area contributed by atoms with Crippen molar-refractivity contribution >= 4 is 29.7 Å². The van der Waals surface area contributed by atoms with Gasteiger partial charge in [-0.1, -0.05) is 30.3 Å². The largest absolute Gasteiger partial charge is 0.444 e. The third-order valence-electron chi connectivity index (χ3n) is 7.22. The molecule has 0 saturated carbocycles. The molecule has 0 aromatic heterocycles. The molecule has 0 radical (unpaired) electrons. The van der Waals surface area contributed by atoms with Gasteiger partial charge in [-0.2, -0.15) is 17.0 Å². The molecule has 3 aliphatic heterocycles. The summed E-state index contributed by atoms with van der Waals surface area (Å²) < 4.78 is 5.33. The van der Waals surface area contributed by atoms with Crippen molar-refractivity contribution in [3.63, 3.8) is 0 Å². The molecule has 3 saturated heterocycles. The summed E-state index contributed by atoms with van der Waals surface area (Å²) in [5.74, 6) is 0.665. The molecule has 1 aromatic rings. The van der Waals surface area contributed by atoms with Crippen LogP contribution in [0.5, 0.6) is 0 Å². The summed E-state index contributed by atoms with van der Waals surface area (Å²) in [6, 6.07) is 11.8. The molecule has 194 valence electrons. The lowest BCUT2D eigenvalue weighted by atomic mass is 9.90. The summed E-state index contributed by atoms with van der Waals surface area (Å²) in [5, 5.41) is 12.5. The monoisotopic (exact) mass is 512 g/mol. The highest BCUT2D eigenvalue weighted by atomic mass is 32.2. The van der Waals surface area contributed by atoms with Crippen LogP contribution < -0.4 is 5.32 Å². The van der Waals surface area contributed by atoms with E-state index in [-0.39, 0.29) is 36.2 Å². The van der Waals surface area contributed by atoms with E-state index in [0.717, 1.165) is 24.2 Å². The van der Waals surface area contributed by atoms with Crippen LogP contribution in [0.1, 0.15) is 51.5 Å². The lowest BCUT2D eigenvalue weighted by Gasteiger charge is -2.36. The molecule has 5 atom stereocenters. The van der Waals surface area contributed by atoms with Gasteiger partial charge in [0.05, 0.1) is 17.9 Å². The van der Waals surface area contributed by atoms with Crippen molar-refractivity contribution < 1.29 is 19.1 Å². The van der Waals surface area contributed by atoms with Gasteiger partial charge in [0, 0.05) is 37.3 Å². The van der Waals surface area contributed by atoms with E-state index in [1.165, 1.54) is 0 Å². The highest BCUT2D eigenvalue weighted by molar-refractivity contribution is 7.99. The first-order chi connectivity index (χ1) is 17.2. The minimum Gasteiger partial charge on any atom is -0.444 e. The molecule has 1 N–H and O–H groups in total. The van der Waals surface area contributed by atoms with Crippen molar-refractivity contribution in [3.05, 3.63) is 35.9 Å². The van der Waals surface area contributed by atoms with E-state index < -0.39 is 23.7 Å². The molecule has 0 aliphatic carbocycles. The molecule has 0 bridgehead atoms. The van der Waals surface area contributed by atoms with Gasteiger partial charge >= 0.3 is 6.09 Å². The van der Waals surface area contributed by atoms with Crippen LogP contribution >= 0.6 is 11.8 Å². The molecule has 1 unspecified atom stereocenters. The topological polar surface area (TPSA) is 103 Å². The molecule has 8 nitrogen and oxygen atoms in total. The molecule has 3 fully saturated rings. The first-order valence-corrected chi connectivity index (χ1v) is 13.9. The fourth-order valence-corrected chi connectivity index (χ4v) is 6.65. The highest BCUT2D eigenvalue weighted by Crippen LogP contribution is 2.37. The lowest BCUT2D eigenvalue weighted by Crippen LogP contribution is -2.54. The molecule has 9 heteroatoms. The molecule has 3 aliphatic rings. The summed E-state index contributed by atoms with van der Waals surface area (Å²) in [7, 11) is 0. The van der Waals surface area contributed by atoms with Gasteiger partial charge in [0.25, 0.3) is 0 Å². The highest BCUT2D eigenvalue weighted by Gasteiger charge is 2.47. The normalized spacial score (nSPS) is 28.6. The number of carbonyl (C=O) groups is 3. The minimum absolute atomic E-state index is 0.0254. The Morgan fingerprint density at radius 3 is 2.61 bits per heavy atom. The SMILES string of the molecule is CC(C)(C)OC(=O)NCC1CSCC[C@H]2CC[C@@H](C(=O)N3C[C@H](c4ccccc4)[C@@H](C#N)C3)N2C1=O. The van der Waals surface area contributed by atoms with E-state index in [4.69, 9.17) is 4.74 Å². The summed E-state index contributed by atoms with van der Waals surface area (Å²) in [4.78, 5) is 43.2. The summed E-state index contributed by atoms with van der Waals surface area (Å²) in [5.41, 5.74) is 0.451. The second-order valence-electron chi connectivity index (χ2n) is 10.9. The Balaban J connectivity index is 1.46. The van der Waals surface area contributed by atoms with E-state index in [0.29, 0.717) is 25.3 Å². The zero-order valence-electron chi connectivity index (χ0n) is 21.3. The van der Waals surface area contributed by atoms with Crippen LogP contribution in [0.2, 0.25) is 0 Å². The number of carbonyl (C=O) groups excluding carboxylic acids is 3. The maximum Gasteiger partial charge on any atom is 0.407 e. The Morgan fingerprint density at radius 2 is 1.92 bits per heavy atom. The number of nitriles is 1. The molecule has 3 heterocycles. The van der Waals surface area contributed by atoms with Gasteiger partial charge in [-0.15, -0.1) is 0 Å². The number of fused-ring (bicyclic) bond motifs is 1. The Bertz CT molecular complexity index is 1010. The second kappa shape index (κ2) is 11.1. The van der Waals surface area contributed by atoms with Crippen molar-refractivity contribution in [2.75, 3.05) is 31.1 Å². The Labute approximate surface area is 217 Å². The van der Waals surface area contributed by atoms with Crippen LogP contribution in [0.25, 0.3) is 0 Å². The van der Waals surface area contributed by atoms with Crippen molar-refractivity contribution in [1.82, 2.24) is 15.1 Å².